The van der Waals surface area contributed by atoms with Gasteiger partial charge in [-0.05, 0) is 35.3 Å². The van der Waals surface area contributed by atoms with E-state index in [0.717, 1.165) is 12.8 Å². The van der Waals surface area contributed by atoms with E-state index in [9.17, 15) is 9.18 Å². The zero-order chi connectivity index (χ0) is 18.2. The molecular weight excluding hydrogens is 397 g/mol. The SMILES string of the molecule is CCCCOC1CON=C1c1cc(Br)c(F)cc1OCC(=O)OCC. The van der Waals surface area contributed by atoms with Crippen molar-refractivity contribution in [3.63, 3.8) is 0 Å². The molecule has 0 amide bonds. The number of ether oxygens (including phenoxy) is 3. The molecule has 6 nitrogen and oxygen atoms in total. The van der Waals surface area contributed by atoms with Gasteiger partial charge in [-0.3, -0.25) is 0 Å². The summed E-state index contributed by atoms with van der Waals surface area (Å²) in [7, 11) is 0. The number of benzene rings is 1. The van der Waals surface area contributed by atoms with Gasteiger partial charge in [0, 0.05) is 18.2 Å². The Kier molecular flexibility index (Phi) is 7.64. The van der Waals surface area contributed by atoms with Crippen molar-refractivity contribution in [3.05, 3.63) is 28.0 Å². The molecule has 0 fully saturated rings. The Labute approximate surface area is 154 Å². The molecule has 0 bridgehead atoms. The lowest BCUT2D eigenvalue weighted by molar-refractivity contribution is -0.145. The minimum Gasteiger partial charge on any atom is -0.481 e. The Balaban J connectivity index is 2.20. The first-order valence-electron chi connectivity index (χ1n) is 8.16. The highest BCUT2D eigenvalue weighted by atomic mass is 79.9. The number of nitrogens with zero attached hydrogens (tertiary/aromatic N) is 1. The number of hydrogen-bond acceptors (Lipinski definition) is 6. The fraction of sp³-hybridized carbons (Fsp3) is 0.529. The van der Waals surface area contributed by atoms with E-state index < -0.39 is 11.8 Å². The van der Waals surface area contributed by atoms with Crippen molar-refractivity contribution in [2.45, 2.75) is 32.8 Å². The van der Waals surface area contributed by atoms with Crippen LogP contribution in [0.1, 0.15) is 32.3 Å². The third kappa shape index (κ3) is 5.40. The summed E-state index contributed by atoms with van der Waals surface area (Å²) < 4.78 is 30.2. The number of rotatable bonds is 9. The van der Waals surface area contributed by atoms with Crippen molar-refractivity contribution in [2.24, 2.45) is 5.16 Å². The van der Waals surface area contributed by atoms with E-state index in [2.05, 4.69) is 28.0 Å². The molecule has 1 aromatic rings. The van der Waals surface area contributed by atoms with E-state index >= 15 is 0 Å². The van der Waals surface area contributed by atoms with Gasteiger partial charge in [-0.2, -0.15) is 0 Å². The third-order valence-corrected chi connectivity index (χ3v) is 4.07. The number of unbranched alkanes of at least 4 members (excludes halogenated alkanes) is 1. The van der Waals surface area contributed by atoms with Gasteiger partial charge in [0.2, 0.25) is 0 Å². The molecule has 2 rings (SSSR count). The Bertz CT molecular complexity index is 638. The van der Waals surface area contributed by atoms with Crippen LogP contribution >= 0.6 is 15.9 Å². The van der Waals surface area contributed by atoms with Gasteiger partial charge in [-0.1, -0.05) is 18.5 Å². The highest BCUT2D eigenvalue weighted by Gasteiger charge is 2.29. The Morgan fingerprint density at radius 1 is 1.44 bits per heavy atom. The van der Waals surface area contributed by atoms with Gasteiger partial charge in [-0.15, -0.1) is 0 Å². The van der Waals surface area contributed by atoms with Crippen LogP contribution in [0.15, 0.2) is 21.8 Å². The molecule has 8 heteroatoms. The van der Waals surface area contributed by atoms with Crippen LogP contribution in [-0.2, 0) is 19.1 Å². The van der Waals surface area contributed by atoms with Crippen LogP contribution in [0.2, 0.25) is 0 Å². The molecule has 1 aromatic carbocycles. The van der Waals surface area contributed by atoms with Crippen LogP contribution in [0.5, 0.6) is 5.75 Å². The Morgan fingerprint density at radius 3 is 2.96 bits per heavy atom. The number of esters is 1. The molecule has 0 saturated carbocycles. The first-order chi connectivity index (χ1) is 12.1. The highest BCUT2D eigenvalue weighted by Crippen LogP contribution is 2.30. The minimum absolute atomic E-state index is 0.182. The zero-order valence-corrected chi connectivity index (χ0v) is 15.8. The molecule has 1 aliphatic rings. The van der Waals surface area contributed by atoms with Gasteiger partial charge in [0.1, 0.15) is 30.0 Å². The van der Waals surface area contributed by atoms with Gasteiger partial charge in [0.05, 0.1) is 11.1 Å². The third-order valence-electron chi connectivity index (χ3n) is 3.46. The molecule has 0 spiro atoms. The highest BCUT2D eigenvalue weighted by molar-refractivity contribution is 9.10. The van der Waals surface area contributed by atoms with Crippen LogP contribution in [0.3, 0.4) is 0 Å². The molecule has 0 radical (unpaired) electrons. The van der Waals surface area contributed by atoms with Crippen molar-refractivity contribution in [1.29, 1.82) is 0 Å². The van der Waals surface area contributed by atoms with E-state index in [-0.39, 0.29) is 36.1 Å². The fourth-order valence-electron chi connectivity index (χ4n) is 2.22. The summed E-state index contributed by atoms with van der Waals surface area (Å²) in [5.74, 6) is -0.857. The zero-order valence-electron chi connectivity index (χ0n) is 14.2. The first kappa shape index (κ1) is 19.7. The topological polar surface area (TPSA) is 66.3 Å². The quantitative estimate of drug-likeness (QED) is 0.454. The molecule has 138 valence electrons. The number of carbonyl (C=O) groups excluding carboxylic acids is 1. The lowest BCUT2D eigenvalue weighted by atomic mass is 10.0. The number of carbonyl (C=O) groups is 1. The normalized spacial score (nSPS) is 16.3. The predicted molar refractivity (Wildman–Crippen MR) is 93.4 cm³/mol. The first-order valence-corrected chi connectivity index (χ1v) is 8.95. The van der Waals surface area contributed by atoms with Crippen LogP contribution in [0.25, 0.3) is 0 Å². The largest absolute Gasteiger partial charge is 0.481 e. The predicted octanol–water partition coefficient (Wildman–Crippen LogP) is 3.45. The van der Waals surface area contributed by atoms with Gasteiger partial charge in [0.15, 0.2) is 6.61 Å². The van der Waals surface area contributed by atoms with Crippen molar-refractivity contribution < 1.29 is 28.2 Å². The molecule has 0 aromatic heterocycles. The molecule has 0 saturated heterocycles. The minimum atomic E-state index is -0.530. The van der Waals surface area contributed by atoms with E-state index in [1.807, 2.05) is 0 Å². The molecule has 25 heavy (non-hydrogen) atoms. The molecular formula is C17H21BrFNO5. The monoisotopic (exact) mass is 417 g/mol. The molecule has 1 unspecified atom stereocenters. The van der Waals surface area contributed by atoms with Crippen LogP contribution in [0, 0.1) is 5.82 Å². The van der Waals surface area contributed by atoms with Gasteiger partial charge in [-0.25, -0.2) is 9.18 Å². The van der Waals surface area contributed by atoms with Crippen molar-refractivity contribution in [1.82, 2.24) is 0 Å². The summed E-state index contributed by atoms with van der Waals surface area (Å²) >= 11 is 3.16. The second-order valence-electron chi connectivity index (χ2n) is 5.34. The van der Waals surface area contributed by atoms with Crippen LogP contribution in [-0.4, -0.2) is 44.2 Å². The maximum absolute atomic E-state index is 13.9. The van der Waals surface area contributed by atoms with Gasteiger partial charge >= 0.3 is 5.97 Å². The second-order valence-corrected chi connectivity index (χ2v) is 6.20. The van der Waals surface area contributed by atoms with Crippen molar-refractivity contribution >= 4 is 27.6 Å². The lowest BCUT2D eigenvalue weighted by Gasteiger charge is -2.16. The van der Waals surface area contributed by atoms with Crippen molar-refractivity contribution in [3.8, 4) is 5.75 Å². The second kappa shape index (κ2) is 9.72. The smallest absolute Gasteiger partial charge is 0.344 e. The molecule has 1 heterocycles. The summed E-state index contributed by atoms with van der Waals surface area (Å²) in [6.07, 6.45) is 1.56. The maximum atomic E-state index is 13.9. The Morgan fingerprint density at radius 2 is 2.24 bits per heavy atom. The average Bonchev–Trinajstić information content (AvgIpc) is 3.04. The Hall–Kier alpha value is -1.67. The lowest BCUT2D eigenvalue weighted by Crippen LogP contribution is -2.26. The summed E-state index contributed by atoms with van der Waals surface area (Å²) in [6.45, 7) is 4.55. The fourth-order valence-corrected chi connectivity index (χ4v) is 2.56. The van der Waals surface area contributed by atoms with E-state index in [1.54, 1.807) is 13.0 Å². The summed E-state index contributed by atoms with van der Waals surface area (Å²) in [4.78, 5) is 16.7. The van der Waals surface area contributed by atoms with E-state index in [1.165, 1.54) is 6.07 Å². The van der Waals surface area contributed by atoms with Gasteiger partial charge < -0.3 is 19.0 Å². The number of oxime groups is 1. The molecule has 1 atom stereocenters. The summed E-state index contributed by atoms with van der Waals surface area (Å²) in [5, 5.41) is 4.01. The molecule has 1 aliphatic heterocycles. The number of hydrogen-bond donors (Lipinski definition) is 0. The van der Waals surface area contributed by atoms with E-state index in [4.69, 9.17) is 19.0 Å². The van der Waals surface area contributed by atoms with E-state index in [0.29, 0.717) is 17.9 Å². The number of halogens is 2. The van der Waals surface area contributed by atoms with Gasteiger partial charge in [0.25, 0.3) is 0 Å². The summed E-state index contributed by atoms with van der Waals surface area (Å²) in [5.41, 5.74) is 1.02. The van der Waals surface area contributed by atoms with Crippen LogP contribution < -0.4 is 4.74 Å². The maximum Gasteiger partial charge on any atom is 0.344 e. The average molecular weight is 418 g/mol. The van der Waals surface area contributed by atoms with Crippen molar-refractivity contribution in [2.75, 3.05) is 26.4 Å². The standard InChI is InChI=1S/C17H21BrFNO5/c1-3-5-6-23-15-9-25-20-17(15)11-7-12(18)13(19)8-14(11)24-10-16(21)22-4-2/h7-8,15H,3-6,9-10H2,1-2H3. The summed E-state index contributed by atoms with van der Waals surface area (Å²) in [6, 6.07) is 2.74. The molecule has 0 aliphatic carbocycles. The van der Waals surface area contributed by atoms with Crippen LogP contribution in [0.4, 0.5) is 4.39 Å². The molecule has 0 N–H and O–H groups in total.